The SMILES string of the molecule is CCOC(=O)C(O)c1cccc(CCO)c1. The largest absolute Gasteiger partial charge is 0.464 e. The Kier molecular flexibility index (Phi) is 4.95. The van der Waals surface area contributed by atoms with Crippen molar-refractivity contribution < 1.29 is 19.7 Å². The van der Waals surface area contributed by atoms with E-state index in [4.69, 9.17) is 9.84 Å². The van der Waals surface area contributed by atoms with Gasteiger partial charge in [-0.2, -0.15) is 0 Å². The fourth-order valence-corrected chi connectivity index (χ4v) is 1.41. The summed E-state index contributed by atoms with van der Waals surface area (Å²) in [6, 6.07) is 6.92. The third kappa shape index (κ3) is 3.32. The van der Waals surface area contributed by atoms with Gasteiger partial charge in [-0.05, 0) is 24.5 Å². The lowest BCUT2D eigenvalue weighted by Crippen LogP contribution is -2.15. The van der Waals surface area contributed by atoms with Crippen LogP contribution in [0.2, 0.25) is 0 Å². The first kappa shape index (κ1) is 12.7. The highest BCUT2D eigenvalue weighted by molar-refractivity contribution is 5.76. The van der Waals surface area contributed by atoms with Crippen LogP contribution in [0.25, 0.3) is 0 Å². The van der Waals surface area contributed by atoms with Gasteiger partial charge in [-0.25, -0.2) is 4.79 Å². The minimum absolute atomic E-state index is 0.0406. The van der Waals surface area contributed by atoms with E-state index in [0.29, 0.717) is 12.0 Å². The van der Waals surface area contributed by atoms with Crippen LogP contribution in [-0.4, -0.2) is 29.4 Å². The van der Waals surface area contributed by atoms with Gasteiger partial charge < -0.3 is 14.9 Å². The zero-order chi connectivity index (χ0) is 12.0. The first-order chi connectivity index (χ1) is 7.69. The van der Waals surface area contributed by atoms with Crippen molar-refractivity contribution in [2.45, 2.75) is 19.4 Å². The van der Waals surface area contributed by atoms with Crippen molar-refractivity contribution in [2.75, 3.05) is 13.2 Å². The Morgan fingerprint density at radius 2 is 2.25 bits per heavy atom. The van der Waals surface area contributed by atoms with Crippen LogP contribution in [0.3, 0.4) is 0 Å². The highest BCUT2D eigenvalue weighted by Crippen LogP contribution is 2.16. The number of carbonyl (C=O) groups is 1. The Morgan fingerprint density at radius 3 is 2.88 bits per heavy atom. The van der Waals surface area contributed by atoms with E-state index in [1.807, 2.05) is 6.07 Å². The number of aliphatic hydroxyl groups excluding tert-OH is 2. The Labute approximate surface area is 94.5 Å². The lowest BCUT2D eigenvalue weighted by molar-refractivity contribution is -0.153. The van der Waals surface area contributed by atoms with E-state index < -0.39 is 12.1 Å². The molecule has 1 aromatic carbocycles. The number of ether oxygens (including phenoxy) is 1. The maximum absolute atomic E-state index is 11.3. The molecule has 16 heavy (non-hydrogen) atoms. The third-order valence-corrected chi connectivity index (χ3v) is 2.18. The summed E-state index contributed by atoms with van der Waals surface area (Å²) in [6.45, 7) is 1.97. The smallest absolute Gasteiger partial charge is 0.339 e. The molecule has 0 spiro atoms. The van der Waals surface area contributed by atoms with Crippen LogP contribution in [0.5, 0.6) is 0 Å². The summed E-state index contributed by atoms with van der Waals surface area (Å²) in [4.78, 5) is 11.3. The summed E-state index contributed by atoms with van der Waals surface area (Å²) in [7, 11) is 0. The predicted octanol–water partition coefficient (Wildman–Crippen LogP) is 0.818. The maximum atomic E-state index is 11.3. The van der Waals surface area contributed by atoms with Crippen molar-refractivity contribution in [2.24, 2.45) is 0 Å². The van der Waals surface area contributed by atoms with Crippen molar-refractivity contribution in [1.82, 2.24) is 0 Å². The number of esters is 1. The summed E-state index contributed by atoms with van der Waals surface area (Å²) in [5, 5.41) is 18.5. The standard InChI is InChI=1S/C12H16O4/c1-2-16-12(15)11(14)10-5-3-4-9(8-10)6-7-13/h3-5,8,11,13-14H,2,6-7H2,1H3. The van der Waals surface area contributed by atoms with Gasteiger partial charge in [0.2, 0.25) is 0 Å². The van der Waals surface area contributed by atoms with Gasteiger partial charge in [-0.3, -0.25) is 0 Å². The number of benzene rings is 1. The van der Waals surface area contributed by atoms with E-state index in [2.05, 4.69) is 0 Å². The molecule has 1 atom stereocenters. The minimum atomic E-state index is -1.25. The zero-order valence-corrected chi connectivity index (χ0v) is 9.22. The fourth-order valence-electron chi connectivity index (χ4n) is 1.41. The second kappa shape index (κ2) is 6.25. The van der Waals surface area contributed by atoms with E-state index in [0.717, 1.165) is 5.56 Å². The average Bonchev–Trinajstić information content (AvgIpc) is 2.29. The number of rotatable bonds is 5. The molecule has 4 heteroatoms. The second-order valence-corrected chi connectivity index (χ2v) is 3.37. The normalized spacial score (nSPS) is 12.2. The molecule has 0 saturated carbocycles. The molecular formula is C12H16O4. The quantitative estimate of drug-likeness (QED) is 0.727. The molecule has 0 fully saturated rings. The fraction of sp³-hybridized carbons (Fsp3) is 0.417. The highest BCUT2D eigenvalue weighted by atomic mass is 16.5. The van der Waals surface area contributed by atoms with Crippen LogP contribution < -0.4 is 0 Å². The molecule has 2 N–H and O–H groups in total. The van der Waals surface area contributed by atoms with E-state index in [9.17, 15) is 9.90 Å². The van der Waals surface area contributed by atoms with Gasteiger partial charge in [0.15, 0.2) is 6.10 Å². The van der Waals surface area contributed by atoms with Crippen molar-refractivity contribution >= 4 is 5.97 Å². The Hall–Kier alpha value is -1.39. The van der Waals surface area contributed by atoms with E-state index in [1.54, 1.807) is 25.1 Å². The summed E-state index contributed by atoms with van der Waals surface area (Å²) in [5.74, 6) is -0.649. The lowest BCUT2D eigenvalue weighted by Gasteiger charge is -2.10. The molecule has 0 bridgehead atoms. The van der Waals surface area contributed by atoms with Gasteiger partial charge in [0.1, 0.15) is 0 Å². The van der Waals surface area contributed by atoms with Gasteiger partial charge in [0.25, 0.3) is 0 Å². The molecule has 0 aromatic heterocycles. The molecule has 88 valence electrons. The molecular weight excluding hydrogens is 208 g/mol. The van der Waals surface area contributed by atoms with Gasteiger partial charge in [-0.1, -0.05) is 24.3 Å². The average molecular weight is 224 g/mol. The number of hydrogen-bond acceptors (Lipinski definition) is 4. The Morgan fingerprint density at radius 1 is 1.50 bits per heavy atom. The molecule has 0 aliphatic rings. The predicted molar refractivity (Wildman–Crippen MR) is 58.8 cm³/mol. The summed E-state index contributed by atoms with van der Waals surface area (Å²) in [6.07, 6.45) is -0.748. The van der Waals surface area contributed by atoms with E-state index in [1.165, 1.54) is 0 Å². The van der Waals surface area contributed by atoms with E-state index >= 15 is 0 Å². The third-order valence-electron chi connectivity index (χ3n) is 2.18. The molecule has 0 heterocycles. The monoisotopic (exact) mass is 224 g/mol. The van der Waals surface area contributed by atoms with Crippen LogP contribution in [0, 0.1) is 0 Å². The van der Waals surface area contributed by atoms with Crippen LogP contribution in [0.4, 0.5) is 0 Å². The maximum Gasteiger partial charge on any atom is 0.339 e. The first-order valence-corrected chi connectivity index (χ1v) is 5.23. The van der Waals surface area contributed by atoms with Crippen LogP contribution >= 0.6 is 0 Å². The summed E-state index contributed by atoms with van der Waals surface area (Å²) >= 11 is 0. The number of aliphatic hydroxyl groups is 2. The highest BCUT2D eigenvalue weighted by Gasteiger charge is 2.18. The minimum Gasteiger partial charge on any atom is -0.464 e. The Bertz CT molecular complexity index is 349. The van der Waals surface area contributed by atoms with Crippen LogP contribution in [0.1, 0.15) is 24.2 Å². The topological polar surface area (TPSA) is 66.8 Å². The first-order valence-electron chi connectivity index (χ1n) is 5.23. The molecule has 1 rings (SSSR count). The molecule has 0 aliphatic heterocycles. The summed E-state index contributed by atoms with van der Waals surface area (Å²) in [5.41, 5.74) is 1.37. The number of hydrogen-bond donors (Lipinski definition) is 2. The zero-order valence-electron chi connectivity index (χ0n) is 9.22. The number of carbonyl (C=O) groups excluding carboxylic acids is 1. The van der Waals surface area contributed by atoms with Gasteiger partial charge in [0.05, 0.1) is 6.61 Å². The molecule has 1 aromatic rings. The summed E-state index contributed by atoms with van der Waals surface area (Å²) < 4.78 is 4.72. The molecule has 0 aliphatic carbocycles. The second-order valence-electron chi connectivity index (χ2n) is 3.37. The van der Waals surface area contributed by atoms with Gasteiger partial charge in [-0.15, -0.1) is 0 Å². The molecule has 1 unspecified atom stereocenters. The van der Waals surface area contributed by atoms with Crippen LogP contribution in [0.15, 0.2) is 24.3 Å². The van der Waals surface area contributed by atoms with Crippen molar-refractivity contribution in [3.8, 4) is 0 Å². The van der Waals surface area contributed by atoms with Gasteiger partial charge in [0, 0.05) is 6.61 Å². The van der Waals surface area contributed by atoms with Crippen molar-refractivity contribution in [1.29, 1.82) is 0 Å². The Balaban J connectivity index is 2.78. The van der Waals surface area contributed by atoms with Crippen molar-refractivity contribution in [3.05, 3.63) is 35.4 Å². The van der Waals surface area contributed by atoms with Crippen molar-refractivity contribution in [3.63, 3.8) is 0 Å². The lowest BCUT2D eigenvalue weighted by atomic mass is 10.0. The van der Waals surface area contributed by atoms with E-state index in [-0.39, 0.29) is 13.2 Å². The molecule has 0 saturated heterocycles. The molecule has 0 amide bonds. The molecule has 0 radical (unpaired) electrons. The van der Waals surface area contributed by atoms with Crippen LogP contribution in [-0.2, 0) is 16.0 Å². The molecule has 4 nitrogen and oxygen atoms in total. The van der Waals surface area contributed by atoms with Gasteiger partial charge >= 0.3 is 5.97 Å².